The van der Waals surface area contributed by atoms with Crippen molar-refractivity contribution >= 4 is 28.4 Å². The number of rotatable bonds is 5. The van der Waals surface area contributed by atoms with Gasteiger partial charge in [0.15, 0.2) is 0 Å². The molecule has 0 saturated heterocycles. The Kier molecular flexibility index (Phi) is 4.19. The van der Waals surface area contributed by atoms with Crippen LogP contribution in [-0.4, -0.2) is 0 Å². The minimum atomic E-state index is 0.890. The third-order valence-corrected chi connectivity index (χ3v) is 5.14. The molecule has 0 amide bonds. The fraction of sp³-hybridized carbons (Fsp3) is 0.176. The van der Waals surface area contributed by atoms with E-state index in [4.69, 9.17) is 0 Å². The Morgan fingerprint density at radius 3 is 2.60 bits per heavy atom. The van der Waals surface area contributed by atoms with Crippen molar-refractivity contribution in [2.24, 2.45) is 0 Å². The van der Waals surface area contributed by atoms with Gasteiger partial charge in [-0.15, -0.1) is 22.7 Å². The molecule has 0 radical (unpaired) electrons. The fourth-order valence-corrected chi connectivity index (χ4v) is 3.71. The quantitative estimate of drug-likeness (QED) is 0.642. The zero-order valence-corrected chi connectivity index (χ0v) is 13.1. The average molecular weight is 299 g/mol. The average Bonchev–Trinajstić information content (AvgIpc) is 3.16. The lowest BCUT2D eigenvalue weighted by Gasteiger charge is -2.05. The van der Waals surface area contributed by atoms with E-state index in [0.29, 0.717) is 0 Å². The highest BCUT2D eigenvalue weighted by Gasteiger charge is 2.03. The Bertz CT molecular complexity index is 651. The molecule has 2 heterocycles. The van der Waals surface area contributed by atoms with E-state index in [2.05, 4.69) is 65.5 Å². The van der Waals surface area contributed by atoms with E-state index in [9.17, 15) is 0 Å². The maximum absolute atomic E-state index is 3.48. The topological polar surface area (TPSA) is 12.0 Å². The zero-order chi connectivity index (χ0) is 13.8. The SMILES string of the molecule is CCc1ccc(NCc2cc(-c3cccs3)cs2)cc1. The van der Waals surface area contributed by atoms with Crippen molar-refractivity contribution in [3.63, 3.8) is 0 Å². The van der Waals surface area contributed by atoms with Crippen LogP contribution in [0.15, 0.2) is 53.2 Å². The highest BCUT2D eigenvalue weighted by Crippen LogP contribution is 2.29. The Morgan fingerprint density at radius 1 is 1.05 bits per heavy atom. The van der Waals surface area contributed by atoms with Crippen LogP contribution in [-0.2, 0) is 13.0 Å². The molecule has 0 saturated carbocycles. The molecule has 1 N–H and O–H groups in total. The highest BCUT2D eigenvalue weighted by molar-refractivity contribution is 7.14. The van der Waals surface area contributed by atoms with Gasteiger partial charge in [0.05, 0.1) is 0 Å². The second-order valence-corrected chi connectivity index (χ2v) is 6.63. The van der Waals surface area contributed by atoms with Crippen LogP contribution in [0.4, 0.5) is 5.69 Å². The van der Waals surface area contributed by atoms with Gasteiger partial charge in [0.1, 0.15) is 0 Å². The van der Waals surface area contributed by atoms with Gasteiger partial charge >= 0.3 is 0 Å². The molecular weight excluding hydrogens is 282 g/mol. The number of aryl methyl sites for hydroxylation is 1. The minimum Gasteiger partial charge on any atom is -0.380 e. The van der Waals surface area contributed by atoms with Gasteiger partial charge in [-0.1, -0.05) is 25.1 Å². The van der Waals surface area contributed by atoms with Crippen LogP contribution in [0, 0.1) is 0 Å². The largest absolute Gasteiger partial charge is 0.380 e. The second kappa shape index (κ2) is 6.25. The summed E-state index contributed by atoms with van der Waals surface area (Å²) < 4.78 is 0. The molecule has 0 fully saturated rings. The highest BCUT2D eigenvalue weighted by atomic mass is 32.1. The summed E-state index contributed by atoms with van der Waals surface area (Å²) in [6.07, 6.45) is 1.09. The number of hydrogen-bond donors (Lipinski definition) is 1. The summed E-state index contributed by atoms with van der Waals surface area (Å²) in [7, 11) is 0. The van der Waals surface area contributed by atoms with Gasteiger partial charge in [0.2, 0.25) is 0 Å². The maximum Gasteiger partial charge on any atom is 0.0494 e. The summed E-state index contributed by atoms with van der Waals surface area (Å²) in [5.41, 5.74) is 3.91. The standard InChI is InChI=1S/C17H17NS2/c1-2-13-5-7-15(8-6-13)18-11-16-10-14(12-20-16)17-4-3-9-19-17/h3-10,12,18H,2,11H2,1H3. The molecular formula is C17H17NS2. The van der Waals surface area contributed by atoms with Crippen molar-refractivity contribution in [3.8, 4) is 10.4 Å². The maximum atomic E-state index is 3.48. The second-order valence-electron chi connectivity index (χ2n) is 4.68. The first kappa shape index (κ1) is 13.4. The number of hydrogen-bond acceptors (Lipinski definition) is 3. The predicted molar refractivity (Wildman–Crippen MR) is 90.8 cm³/mol. The predicted octanol–water partition coefficient (Wildman–Crippen LogP) is 5.65. The molecule has 20 heavy (non-hydrogen) atoms. The van der Waals surface area contributed by atoms with E-state index >= 15 is 0 Å². The molecule has 0 spiro atoms. The van der Waals surface area contributed by atoms with Crippen LogP contribution in [0.25, 0.3) is 10.4 Å². The monoisotopic (exact) mass is 299 g/mol. The molecule has 0 aliphatic heterocycles. The summed E-state index contributed by atoms with van der Waals surface area (Å²) in [5, 5.41) is 7.85. The molecule has 0 aliphatic carbocycles. The molecule has 0 atom stereocenters. The first-order valence-corrected chi connectivity index (χ1v) is 8.55. The van der Waals surface area contributed by atoms with Crippen molar-refractivity contribution in [2.45, 2.75) is 19.9 Å². The lowest BCUT2D eigenvalue weighted by atomic mass is 10.1. The van der Waals surface area contributed by atoms with Crippen molar-refractivity contribution in [1.29, 1.82) is 0 Å². The number of benzene rings is 1. The summed E-state index contributed by atoms with van der Waals surface area (Å²) in [4.78, 5) is 2.72. The Balaban J connectivity index is 1.63. The van der Waals surface area contributed by atoms with E-state index in [0.717, 1.165) is 13.0 Å². The smallest absolute Gasteiger partial charge is 0.0494 e. The van der Waals surface area contributed by atoms with Crippen LogP contribution in [0.2, 0.25) is 0 Å². The molecule has 2 aromatic heterocycles. The van der Waals surface area contributed by atoms with Crippen LogP contribution >= 0.6 is 22.7 Å². The van der Waals surface area contributed by atoms with Gasteiger partial charge in [-0.2, -0.15) is 0 Å². The molecule has 3 rings (SSSR count). The normalized spacial score (nSPS) is 10.7. The van der Waals surface area contributed by atoms with Crippen LogP contribution in [0.1, 0.15) is 17.4 Å². The van der Waals surface area contributed by atoms with Crippen molar-refractivity contribution < 1.29 is 0 Å². The van der Waals surface area contributed by atoms with Crippen molar-refractivity contribution in [3.05, 3.63) is 63.7 Å². The number of nitrogens with one attached hydrogen (secondary N) is 1. The van der Waals surface area contributed by atoms with Gasteiger partial charge in [0, 0.05) is 27.5 Å². The van der Waals surface area contributed by atoms with Crippen LogP contribution in [0.5, 0.6) is 0 Å². The van der Waals surface area contributed by atoms with E-state index in [-0.39, 0.29) is 0 Å². The van der Waals surface area contributed by atoms with Crippen LogP contribution < -0.4 is 5.32 Å². The summed E-state index contributed by atoms with van der Waals surface area (Å²) >= 11 is 3.61. The van der Waals surface area contributed by atoms with Gasteiger partial charge in [0.25, 0.3) is 0 Å². The summed E-state index contributed by atoms with van der Waals surface area (Å²) in [6.45, 7) is 3.07. The summed E-state index contributed by atoms with van der Waals surface area (Å²) in [6, 6.07) is 15.3. The van der Waals surface area contributed by atoms with Crippen molar-refractivity contribution in [2.75, 3.05) is 5.32 Å². The Morgan fingerprint density at radius 2 is 1.90 bits per heavy atom. The third-order valence-electron chi connectivity index (χ3n) is 3.29. The minimum absolute atomic E-state index is 0.890. The third kappa shape index (κ3) is 3.11. The number of thiophene rings is 2. The van der Waals surface area contributed by atoms with Crippen molar-refractivity contribution in [1.82, 2.24) is 0 Å². The molecule has 0 unspecified atom stereocenters. The van der Waals surface area contributed by atoms with Gasteiger partial charge < -0.3 is 5.32 Å². The molecule has 3 aromatic rings. The van der Waals surface area contributed by atoms with E-state index in [1.807, 2.05) is 11.3 Å². The zero-order valence-electron chi connectivity index (χ0n) is 11.4. The molecule has 0 aliphatic rings. The summed E-state index contributed by atoms with van der Waals surface area (Å²) in [5.74, 6) is 0. The molecule has 0 bridgehead atoms. The lowest BCUT2D eigenvalue weighted by molar-refractivity contribution is 1.13. The van der Waals surface area contributed by atoms with Gasteiger partial charge in [-0.3, -0.25) is 0 Å². The molecule has 1 nitrogen and oxygen atoms in total. The van der Waals surface area contributed by atoms with Gasteiger partial charge in [-0.25, -0.2) is 0 Å². The molecule has 102 valence electrons. The van der Waals surface area contributed by atoms with E-state index < -0.39 is 0 Å². The fourth-order valence-electron chi connectivity index (χ4n) is 2.09. The Labute approximate surface area is 127 Å². The lowest BCUT2D eigenvalue weighted by Crippen LogP contribution is -1.97. The first-order chi connectivity index (χ1) is 9.85. The van der Waals surface area contributed by atoms with E-state index in [1.54, 1.807) is 11.3 Å². The van der Waals surface area contributed by atoms with Crippen LogP contribution in [0.3, 0.4) is 0 Å². The molecule has 1 aromatic carbocycles. The number of anilines is 1. The first-order valence-electron chi connectivity index (χ1n) is 6.79. The van der Waals surface area contributed by atoms with E-state index in [1.165, 1.54) is 26.6 Å². The van der Waals surface area contributed by atoms with Gasteiger partial charge in [-0.05, 0) is 47.0 Å². The molecule has 3 heteroatoms. The Hall–Kier alpha value is -1.58.